The van der Waals surface area contributed by atoms with Crippen molar-refractivity contribution >= 4 is 60.6 Å². The lowest BCUT2D eigenvalue weighted by molar-refractivity contribution is -0.384. The quantitative estimate of drug-likeness (QED) is 0.363. The summed E-state index contributed by atoms with van der Waals surface area (Å²) in [5.41, 5.74) is 1.21. The predicted octanol–water partition coefficient (Wildman–Crippen LogP) is 3.98. The number of pyridine rings is 1. The number of hydrogen-bond donors (Lipinski definition) is 2. The Morgan fingerprint density at radius 1 is 1.18 bits per heavy atom. The normalized spacial score (nSPS) is 10.7. The number of nitrogens with one attached hydrogen (secondary N) is 2. The van der Waals surface area contributed by atoms with Gasteiger partial charge in [0, 0.05) is 23.7 Å². The van der Waals surface area contributed by atoms with Crippen LogP contribution in [0.15, 0.2) is 48.0 Å². The maximum atomic E-state index is 12.3. The fourth-order valence-corrected chi connectivity index (χ4v) is 4.03. The molecule has 0 bridgehead atoms. The van der Waals surface area contributed by atoms with E-state index in [4.69, 9.17) is 0 Å². The van der Waals surface area contributed by atoms with Crippen molar-refractivity contribution in [2.45, 2.75) is 6.42 Å². The molecule has 0 unspecified atom stereocenters. The Labute approximate surface area is 166 Å². The van der Waals surface area contributed by atoms with Crippen LogP contribution in [-0.2, 0) is 11.2 Å². The summed E-state index contributed by atoms with van der Waals surface area (Å²) in [6, 6.07) is 9.91. The lowest BCUT2D eigenvalue weighted by Gasteiger charge is -2.00. The van der Waals surface area contributed by atoms with E-state index in [9.17, 15) is 14.9 Å². The van der Waals surface area contributed by atoms with Crippen LogP contribution in [0, 0.1) is 10.1 Å². The molecule has 0 radical (unpaired) electrons. The first-order valence-corrected chi connectivity index (χ1v) is 9.74. The Kier molecular flexibility index (Phi) is 4.91. The molecule has 11 heteroatoms. The summed E-state index contributed by atoms with van der Waals surface area (Å²) in [6.07, 6.45) is 1.77. The van der Waals surface area contributed by atoms with E-state index in [2.05, 4.69) is 25.6 Å². The molecular weight excluding hydrogens is 400 g/mol. The zero-order chi connectivity index (χ0) is 19.5. The van der Waals surface area contributed by atoms with E-state index in [0.717, 1.165) is 0 Å². The third-order valence-corrected chi connectivity index (χ3v) is 5.36. The van der Waals surface area contributed by atoms with Crippen LogP contribution in [0.5, 0.6) is 0 Å². The van der Waals surface area contributed by atoms with E-state index in [1.165, 1.54) is 34.8 Å². The summed E-state index contributed by atoms with van der Waals surface area (Å²) in [4.78, 5) is 35.5. The average molecular weight is 412 g/mol. The molecule has 0 saturated carbocycles. The second kappa shape index (κ2) is 7.66. The molecule has 4 aromatic rings. The van der Waals surface area contributed by atoms with Crippen molar-refractivity contribution in [3.05, 3.63) is 63.8 Å². The minimum atomic E-state index is -0.462. The molecule has 3 heterocycles. The Hall–Kier alpha value is -3.44. The minimum absolute atomic E-state index is 0.00978. The molecule has 4 rings (SSSR count). The van der Waals surface area contributed by atoms with E-state index in [-0.39, 0.29) is 18.0 Å². The molecule has 1 aromatic carbocycles. The highest BCUT2D eigenvalue weighted by Crippen LogP contribution is 2.29. The third kappa shape index (κ3) is 4.10. The number of nitro benzene ring substituents is 1. The smallest absolute Gasteiger partial charge is 0.270 e. The topological polar surface area (TPSA) is 123 Å². The number of nitro groups is 1. The number of benzene rings is 1. The number of aromatic nitrogens is 3. The molecule has 0 spiro atoms. The molecule has 9 nitrogen and oxygen atoms in total. The maximum Gasteiger partial charge on any atom is 0.270 e. The summed E-state index contributed by atoms with van der Waals surface area (Å²) < 4.78 is 0.639. The van der Waals surface area contributed by atoms with Gasteiger partial charge in [0.15, 0.2) is 10.3 Å². The Bertz CT molecular complexity index is 1160. The van der Waals surface area contributed by atoms with Gasteiger partial charge in [-0.25, -0.2) is 15.0 Å². The molecular formula is C17H12N6O3S2. The number of carbonyl (C=O) groups excluding carboxylic acids is 1. The number of amides is 1. The Balaban J connectivity index is 1.40. The first-order chi connectivity index (χ1) is 13.6. The average Bonchev–Trinajstić information content (AvgIpc) is 3.27. The number of fused-ring (bicyclic) bond motifs is 1. The number of rotatable bonds is 6. The lowest BCUT2D eigenvalue weighted by atomic mass is 10.3. The monoisotopic (exact) mass is 412 g/mol. The molecule has 3 aromatic heterocycles. The molecule has 0 saturated heterocycles. The van der Waals surface area contributed by atoms with Crippen LogP contribution in [0.25, 0.3) is 10.2 Å². The highest BCUT2D eigenvalue weighted by Gasteiger charge is 2.13. The molecule has 1 amide bonds. The number of thiazole rings is 2. The van der Waals surface area contributed by atoms with Crippen LogP contribution in [0.4, 0.5) is 21.8 Å². The van der Waals surface area contributed by atoms with Gasteiger partial charge in [-0.05, 0) is 18.2 Å². The second-order valence-corrected chi connectivity index (χ2v) is 7.53. The molecule has 0 aliphatic heterocycles. The van der Waals surface area contributed by atoms with Crippen LogP contribution in [0.3, 0.4) is 0 Å². The predicted molar refractivity (Wildman–Crippen MR) is 108 cm³/mol. The van der Waals surface area contributed by atoms with Gasteiger partial charge < -0.3 is 10.6 Å². The highest BCUT2D eigenvalue weighted by atomic mass is 32.1. The first-order valence-electron chi connectivity index (χ1n) is 8.04. The summed E-state index contributed by atoms with van der Waals surface area (Å²) >= 11 is 2.57. The molecule has 2 N–H and O–H groups in total. The summed E-state index contributed by atoms with van der Waals surface area (Å²) in [6.45, 7) is 0. The van der Waals surface area contributed by atoms with E-state index < -0.39 is 4.92 Å². The van der Waals surface area contributed by atoms with Crippen LogP contribution in [-0.4, -0.2) is 25.8 Å². The molecule has 0 aliphatic carbocycles. The maximum absolute atomic E-state index is 12.3. The van der Waals surface area contributed by atoms with Gasteiger partial charge in [0.25, 0.3) is 5.69 Å². The van der Waals surface area contributed by atoms with Gasteiger partial charge in [-0.1, -0.05) is 17.4 Å². The summed E-state index contributed by atoms with van der Waals surface area (Å²) in [7, 11) is 0. The van der Waals surface area contributed by atoms with E-state index in [0.29, 0.717) is 32.0 Å². The number of carbonyl (C=O) groups is 1. The Morgan fingerprint density at radius 3 is 2.86 bits per heavy atom. The van der Waals surface area contributed by atoms with Gasteiger partial charge >= 0.3 is 0 Å². The molecule has 0 atom stereocenters. The van der Waals surface area contributed by atoms with Crippen LogP contribution in [0.1, 0.15) is 5.69 Å². The molecule has 28 heavy (non-hydrogen) atoms. The van der Waals surface area contributed by atoms with E-state index in [1.54, 1.807) is 17.6 Å². The highest BCUT2D eigenvalue weighted by molar-refractivity contribution is 7.22. The van der Waals surface area contributed by atoms with Crippen LogP contribution in [0.2, 0.25) is 0 Å². The Morgan fingerprint density at radius 2 is 2.07 bits per heavy atom. The lowest BCUT2D eigenvalue weighted by Crippen LogP contribution is -2.14. The van der Waals surface area contributed by atoms with Gasteiger partial charge in [-0.2, -0.15) is 0 Å². The van der Waals surface area contributed by atoms with Crippen molar-refractivity contribution < 1.29 is 9.72 Å². The second-order valence-electron chi connectivity index (χ2n) is 5.64. The SMILES string of the molecule is O=C(Cc1csc(Nc2ccccn2)n1)Nc1nc2ccc([N+](=O)[O-])cc2s1. The zero-order valence-electron chi connectivity index (χ0n) is 14.2. The van der Waals surface area contributed by atoms with Gasteiger partial charge in [0.1, 0.15) is 5.82 Å². The number of non-ortho nitro benzene ring substituents is 1. The molecule has 0 fully saturated rings. The third-order valence-electron chi connectivity index (χ3n) is 3.62. The van der Waals surface area contributed by atoms with Crippen molar-refractivity contribution in [1.29, 1.82) is 0 Å². The number of hydrogen-bond acceptors (Lipinski definition) is 9. The number of nitrogens with zero attached hydrogens (tertiary/aromatic N) is 4. The van der Waals surface area contributed by atoms with Crippen LogP contribution < -0.4 is 10.6 Å². The van der Waals surface area contributed by atoms with Crippen molar-refractivity contribution in [2.75, 3.05) is 10.6 Å². The van der Waals surface area contributed by atoms with Crippen molar-refractivity contribution in [3.8, 4) is 0 Å². The van der Waals surface area contributed by atoms with Gasteiger partial charge in [0.05, 0.1) is 27.3 Å². The van der Waals surface area contributed by atoms with E-state index in [1.807, 2.05) is 18.2 Å². The van der Waals surface area contributed by atoms with Crippen LogP contribution >= 0.6 is 22.7 Å². The van der Waals surface area contributed by atoms with Gasteiger partial charge in [-0.3, -0.25) is 14.9 Å². The summed E-state index contributed by atoms with van der Waals surface area (Å²) in [5.74, 6) is 0.416. The fourth-order valence-electron chi connectivity index (χ4n) is 2.40. The summed E-state index contributed by atoms with van der Waals surface area (Å²) in [5, 5.41) is 19.5. The van der Waals surface area contributed by atoms with E-state index >= 15 is 0 Å². The van der Waals surface area contributed by atoms with Crippen molar-refractivity contribution in [3.63, 3.8) is 0 Å². The largest absolute Gasteiger partial charge is 0.316 e. The van der Waals surface area contributed by atoms with Crippen molar-refractivity contribution in [1.82, 2.24) is 15.0 Å². The van der Waals surface area contributed by atoms with Gasteiger partial charge in [0.2, 0.25) is 5.91 Å². The zero-order valence-corrected chi connectivity index (χ0v) is 15.8. The van der Waals surface area contributed by atoms with Crippen molar-refractivity contribution in [2.24, 2.45) is 0 Å². The fraction of sp³-hybridized carbons (Fsp3) is 0.0588. The first kappa shape index (κ1) is 17.9. The standard InChI is InChI=1S/C17H12N6O3S2/c24-15(7-10-9-27-16(19-10)21-14-3-1-2-6-18-14)22-17-20-12-5-4-11(23(25)26)8-13(12)28-17/h1-6,8-9H,7H2,(H,18,19,21)(H,20,22,24). The molecule has 0 aliphatic rings. The number of anilines is 3. The molecule has 140 valence electrons. The minimum Gasteiger partial charge on any atom is -0.316 e. The van der Waals surface area contributed by atoms with Gasteiger partial charge in [-0.15, -0.1) is 11.3 Å².